The summed E-state index contributed by atoms with van der Waals surface area (Å²) in [5, 5.41) is 3.61. The van der Waals surface area contributed by atoms with E-state index in [9.17, 15) is 18.0 Å². The second-order valence-corrected chi connectivity index (χ2v) is 13.2. The summed E-state index contributed by atoms with van der Waals surface area (Å²) in [6.45, 7) is 5.47. The van der Waals surface area contributed by atoms with Gasteiger partial charge in [-0.15, -0.1) is 0 Å². The smallest absolute Gasteiger partial charge is 0.264 e. The Balaban J connectivity index is 1.67. The Morgan fingerprint density at radius 2 is 1.67 bits per heavy atom. The van der Waals surface area contributed by atoms with Gasteiger partial charge in [-0.1, -0.05) is 60.7 Å². The molecule has 1 saturated carbocycles. The summed E-state index contributed by atoms with van der Waals surface area (Å²) in [6, 6.07) is 19.4. The van der Waals surface area contributed by atoms with Gasteiger partial charge < -0.3 is 15.0 Å². The third-order valence-electron chi connectivity index (χ3n) is 7.68. The average Bonchev–Trinajstić information content (AvgIpc) is 2.99. The number of benzene rings is 3. The number of nitrogens with one attached hydrogen (secondary N) is 1. The van der Waals surface area contributed by atoms with Gasteiger partial charge in [0.15, 0.2) is 0 Å². The molecule has 43 heavy (non-hydrogen) atoms. The molecule has 8 nitrogen and oxygen atoms in total. The second kappa shape index (κ2) is 14.8. The number of ether oxygens (including phenoxy) is 1. The predicted molar refractivity (Wildman–Crippen MR) is 170 cm³/mol. The van der Waals surface area contributed by atoms with E-state index in [0.717, 1.165) is 47.5 Å². The molecule has 1 atom stereocenters. The summed E-state index contributed by atoms with van der Waals surface area (Å²) in [5.41, 5.74) is 2.02. The lowest BCUT2D eigenvalue weighted by Gasteiger charge is -2.33. The zero-order chi connectivity index (χ0) is 31.0. The van der Waals surface area contributed by atoms with E-state index in [1.807, 2.05) is 19.9 Å². The van der Waals surface area contributed by atoms with E-state index in [4.69, 9.17) is 16.3 Å². The lowest BCUT2D eigenvalue weighted by Crippen LogP contribution is -2.53. The van der Waals surface area contributed by atoms with Crippen LogP contribution in [0.2, 0.25) is 5.02 Å². The fourth-order valence-electron chi connectivity index (χ4n) is 5.22. The number of carbonyl (C=O) groups excluding carboxylic acids is 2. The molecule has 3 aromatic rings. The SMILES string of the molecule is CCOc1ccc(S(=O)(=O)N(CC(=O)N(Cc2cccc(Cl)c2)C(C)C(=O)NC2CCCCC2)c2ccc(C)cc2)cc1. The number of hydrogen-bond acceptors (Lipinski definition) is 5. The highest BCUT2D eigenvalue weighted by atomic mass is 35.5. The van der Waals surface area contributed by atoms with Crippen LogP contribution in [0.4, 0.5) is 5.69 Å². The Morgan fingerprint density at radius 1 is 1.00 bits per heavy atom. The van der Waals surface area contributed by atoms with Crippen LogP contribution in [0.15, 0.2) is 77.7 Å². The molecule has 1 N–H and O–H groups in total. The molecule has 1 aliphatic rings. The lowest BCUT2D eigenvalue weighted by atomic mass is 9.95. The zero-order valence-corrected chi connectivity index (χ0v) is 26.5. The molecular weight excluding hydrogens is 586 g/mol. The third-order valence-corrected chi connectivity index (χ3v) is 9.71. The molecule has 0 radical (unpaired) electrons. The van der Waals surface area contributed by atoms with Gasteiger partial charge in [0, 0.05) is 17.6 Å². The summed E-state index contributed by atoms with van der Waals surface area (Å²) in [7, 11) is -4.17. The van der Waals surface area contributed by atoms with Gasteiger partial charge in [0.2, 0.25) is 11.8 Å². The number of carbonyl (C=O) groups is 2. The van der Waals surface area contributed by atoms with Gasteiger partial charge in [0.05, 0.1) is 17.2 Å². The molecule has 10 heteroatoms. The van der Waals surface area contributed by atoms with E-state index in [0.29, 0.717) is 23.1 Å². The Bertz CT molecular complexity index is 1490. The number of nitrogens with zero attached hydrogens (tertiary/aromatic N) is 2. The summed E-state index contributed by atoms with van der Waals surface area (Å²) in [4.78, 5) is 29.0. The maximum atomic E-state index is 14.1. The third kappa shape index (κ3) is 8.51. The average molecular weight is 626 g/mol. The van der Waals surface area contributed by atoms with Crippen molar-refractivity contribution in [3.05, 3.63) is 88.9 Å². The molecule has 0 heterocycles. The standard InChI is InChI=1S/C33H40ClN3O5S/c1-4-42-30-17-19-31(20-18-30)43(40,41)37(29-15-13-24(2)14-16-29)23-32(38)36(22-26-9-8-10-27(34)21-26)25(3)33(39)35-28-11-6-5-7-12-28/h8-10,13-21,25,28H,4-7,11-12,22-23H2,1-3H3,(H,35,39). The largest absolute Gasteiger partial charge is 0.494 e. The van der Waals surface area contributed by atoms with E-state index in [2.05, 4.69) is 5.32 Å². The normalized spacial score (nSPS) is 14.5. The minimum Gasteiger partial charge on any atom is -0.494 e. The van der Waals surface area contributed by atoms with Crippen molar-refractivity contribution >= 4 is 39.1 Å². The van der Waals surface area contributed by atoms with Crippen molar-refractivity contribution < 1.29 is 22.7 Å². The topological polar surface area (TPSA) is 96.0 Å². The highest BCUT2D eigenvalue weighted by Gasteiger charge is 2.33. The minimum absolute atomic E-state index is 0.0220. The maximum absolute atomic E-state index is 14.1. The molecule has 1 fully saturated rings. The first-order valence-corrected chi connectivity index (χ1v) is 16.6. The van der Waals surface area contributed by atoms with Gasteiger partial charge in [0.25, 0.3) is 10.0 Å². The Morgan fingerprint density at radius 3 is 2.30 bits per heavy atom. The number of aryl methyl sites for hydroxylation is 1. The first-order chi connectivity index (χ1) is 20.6. The molecule has 0 saturated heterocycles. The quantitative estimate of drug-likeness (QED) is 0.262. The predicted octanol–water partition coefficient (Wildman–Crippen LogP) is 6.11. The van der Waals surface area contributed by atoms with Crippen molar-refractivity contribution in [1.29, 1.82) is 0 Å². The number of amides is 2. The van der Waals surface area contributed by atoms with Crippen LogP contribution in [-0.2, 0) is 26.2 Å². The second-order valence-electron chi connectivity index (χ2n) is 10.9. The fourth-order valence-corrected chi connectivity index (χ4v) is 6.85. The number of anilines is 1. The molecule has 1 aliphatic carbocycles. The van der Waals surface area contributed by atoms with E-state index >= 15 is 0 Å². The number of halogens is 1. The molecule has 0 spiro atoms. The lowest BCUT2D eigenvalue weighted by molar-refractivity contribution is -0.139. The van der Waals surface area contributed by atoms with Gasteiger partial charge >= 0.3 is 0 Å². The monoisotopic (exact) mass is 625 g/mol. The van der Waals surface area contributed by atoms with Crippen molar-refractivity contribution in [1.82, 2.24) is 10.2 Å². The fraction of sp³-hybridized carbons (Fsp3) is 0.394. The Labute approximate surface area is 260 Å². The van der Waals surface area contributed by atoms with Crippen molar-refractivity contribution in [2.24, 2.45) is 0 Å². The van der Waals surface area contributed by atoms with E-state index < -0.39 is 28.5 Å². The summed E-state index contributed by atoms with van der Waals surface area (Å²) >= 11 is 6.24. The van der Waals surface area contributed by atoms with Crippen LogP contribution in [0.5, 0.6) is 5.75 Å². The van der Waals surface area contributed by atoms with Crippen LogP contribution >= 0.6 is 11.6 Å². The highest BCUT2D eigenvalue weighted by molar-refractivity contribution is 7.92. The molecule has 0 bridgehead atoms. The van der Waals surface area contributed by atoms with Crippen LogP contribution < -0.4 is 14.4 Å². The molecule has 0 aliphatic heterocycles. The number of sulfonamides is 1. The van der Waals surface area contributed by atoms with E-state index in [1.165, 1.54) is 17.0 Å². The molecule has 0 aromatic heterocycles. The van der Waals surface area contributed by atoms with Crippen molar-refractivity contribution in [2.75, 3.05) is 17.5 Å². The van der Waals surface area contributed by atoms with Crippen molar-refractivity contribution in [2.45, 2.75) is 76.4 Å². The van der Waals surface area contributed by atoms with Gasteiger partial charge in [0.1, 0.15) is 18.3 Å². The van der Waals surface area contributed by atoms with Crippen LogP contribution in [0.1, 0.15) is 57.1 Å². The minimum atomic E-state index is -4.17. The van der Waals surface area contributed by atoms with Crippen molar-refractivity contribution in [3.63, 3.8) is 0 Å². The molecule has 3 aromatic carbocycles. The van der Waals surface area contributed by atoms with Gasteiger partial charge in [-0.05, 0) is 87.7 Å². The van der Waals surface area contributed by atoms with E-state index in [1.54, 1.807) is 61.5 Å². The number of rotatable bonds is 12. The molecule has 1 unspecified atom stereocenters. The Hall–Kier alpha value is -3.56. The first kappa shape index (κ1) is 32.4. The van der Waals surface area contributed by atoms with Crippen LogP contribution in [-0.4, -0.2) is 50.4 Å². The van der Waals surface area contributed by atoms with E-state index in [-0.39, 0.29) is 23.4 Å². The van der Waals surface area contributed by atoms with Gasteiger partial charge in [-0.3, -0.25) is 13.9 Å². The number of hydrogen-bond donors (Lipinski definition) is 1. The summed E-state index contributed by atoms with van der Waals surface area (Å²) in [5.74, 6) is -0.232. The zero-order valence-electron chi connectivity index (χ0n) is 25.0. The molecule has 4 rings (SSSR count). The summed E-state index contributed by atoms with van der Waals surface area (Å²) in [6.07, 6.45) is 5.07. The Kier molecular flexibility index (Phi) is 11.1. The maximum Gasteiger partial charge on any atom is 0.264 e. The molecule has 2 amide bonds. The molecular formula is C33H40ClN3O5S. The molecule has 230 valence electrons. The van der Waals surface area contributed by atoms with Gasteiger partial charge in [-0.2, -0.15) is 0 Å². The van der Waals surface area contributed by atoms with Crippen molar-refractivity contribution in [3.8, 4) is 5.75 Å². The van der Waals surface area contributed by atoms with Crippen LogP contribution in [0.25, 0.3) is 0 Å². The summed E-state index contributed by atoms with van der Waals surface area (Å²) < 4.78 is 34.6. The van der Waals surface area contributed by atoms with Crippen LogP contribution in [0.3, 0.4) is 0 Å². The first-order valence-electron chi connectivity index (χ1n) is 14.7. The van der Waals surface area contributed by atoms with Crippen LogP contribution in [0, 0.1) is 6.92 Å². The van der Waals surface area contributed by atoms with Gasteiger partial charge in [-0.25, -0.2) is 8.42 Å². The highest BCUT2D eigenvalue weighted by Crippen LogP contribution is 2.27.